The number of aromatic nitrogens is 4. The number of halogens is 1. The molecule has 0 saturated carbocycles. The van der Waals surface area contributed by atoms with Gasteiger partial charge >= 0.3 is 0 Å². The zero-order valence-electron chi connectivity index (χ0n) is 15.3. The molecule has 0 bridgehead atoms. The number of anilines is 3. The van der Waals surface area contributed by atoms with Crippen LogP contribution >= 0.6 is 22.9 Å². The molecule has 3 heterocycles. The molecule has 29 heavy (non-hydrogen) atoms. The summed E-state index contributed by atoms with van der Waals surface area (Å²) in [6.45, 7) is 4.08. The molecule has 0 unspecified atom stereocenters. The van der Waals surface area contributed by atoms with Gasteiger partial charge in [-0.3, -0.25) is 4.72 Å². The number of hydrogen-bond donors (Lipinski definition) is 2. The Morgan fingerprint density at radius 3 is 2.45 bits per heavy atom. The van der Waals surface area contributed by atoms with Crippen molar-refractivity contribution in [1.82, 2.24) is 20.2 Å². The molecule has 148 valence electrons. The maximum Gasteiger partial charge on any atom is 0.263 e. The molecule has 0 fully saturated rings. The Morgan fingerprint density at radius 1 is 1.00 bits per heavy atom. The van der Waals surface area contributed by atoms with Crippen LogP contribution in [-0.4, -0.2) is 28.6 Å². The van der Waals surface area contributed by atoms with Crippen LogP contribution < -0.4 is 10.0 Å². The Bertz CT molecular complexity index is 1290. The van der Waals surface area contributed by atoms with Gasteiger partial charge < -0.3 is 5.32 Å². The summed E-state index contributed by atoms with van der Waals surface area (Å²) in [4.78, 5) is 10.8. The molecule has 0 saturated heterocycles. The number of fused-ring (bicyclic) bond motifs is 1. The molecule has 0 aliphatic heterocycles. The summed E-state index contributed by atoms with van der Waals surface area (Å²) in [5, 5.41) is 11.7. The van der Waals surface area contributed by atoms with Crippen LogP contribution in [0.1, 0.15) is 10.4 Å². The number of thiophene rings is 1. The SMILES string of the molecule is Cc1sc2ncnc(Nc3ccc(S(=O)(=O)Nc4ccc(Cl)nn4)cc3)c2c1C. The molecule has 2 N–H and O–H groups in total. The molecule has 0 amide bonds. The maximum absolute atomic E-state index is 12.5. The van der Waals surface area contributed by atoms with Crippen molar-refractivity contribution in [3.63, 3.8) is 0 Å². The predicted octanol–water partition coefficient (Wildman–Crippen LogP) is 4.30. The summed E-state index contributed by atoms with van der Waals surface area (Å²) < 4.78 is 27.4. The molecule has 4 rings (SSSR count). The minimum atomic E-state index is -3.80. The van der Waals surface area contributed by atoms with Crippen LogP contribution in [0.4, 0.5) is 17.3 Å². The van der Waals surface area contributed by atoms with E-state index in [4.69, 9.17) is 11.6 Å². The lowest BCUT2D eigenvalue weighted by molar-refractivity contribution is 0.601. The molecule has 1 aromatic carbocycles. The average Bonchev–Trinajstić information content (AvgIpc) is 2.99. The van der Waals surface area contributed by atoms with Crippen LogP contribution in [0.3, 0.4) is 0 Å². The van der Waals surface area contributed by atoms with Crippen molar-refractivity contribution in [1.29, 1.82) is 0 Å². The first-order valence-corrected chi connectivity index (χ1v) is 11.1. The van der Waals surface area contributed by atoms with E-state index < -0.39 is 10.0 Å². The lowest BCUT2D eigenvalue weighted by Gasteiger charge is -2.10. The fourth-order valence-corrected chi connectivity index (χ4v) is 4.79. The highest BCUT2D eigenvalue weighted by atomic mass is 35.5. The van der Waals surface area contributed by atoms with E-state index in [1.807, 2.05) is 13.8 Å². The Balaban J connectivity index is 1.57. The monoisotopic (exact) mass is 446 g/mol. The highest BCUT2D eigenvalue weighted by molar-refractivity contribution is 7.92. The van der Waals surface area contributed by atoms with E-state index in [1.165, 1.54) is 35.5 Å². The number of benzene rings is 1. The van der Waals surface area contributed by atoms with Crippen LogP contribution in [0, 0.1) is 13.8 Å². The van der Waals surface area contributed by atoms with E-state index in [0.717, 1.165) is 15.8 Å². The fraction of sp³-hybridized carbons (Fsp3) is 0.111. The second-order valence-corrected chi connectivity index (χ2v) is 9.45. The molecular formula is C18H15ClN6O2S2. The average molecular weight is 447 g/mol. The first-order valence-electron chi connectivity index (χ1n) is 8.43. The van der Waals surface area contributed by atoms with Gasteiger partial charge in [-0.05, 0) is 55.8 Å². The third kappa shape index (κ3) is 4.00. The van der Waals surface area contributed by atoms with Crippen molar-refractivity contribution in [2.75, 3.05) is 10.0 Å². The number of rotatable bonds is 5. The topological polar surface area (TPSA) is 110 Å². The second-order valence-electron chi connectivity index (χ2n) is 6.18. The summed E-state index contributed by atoms with van der Waals surface area (Å²) in [5.41, 5.74) is 1.83. The molecule has 11 heteroatoms. The Kier molecular flexibility index (Phi) is 5.07. The molecule has 8 nitrogen and oxygen atoms in total. The first kappa shape index (κ1) is 19.5. The van der Waals surface area contributed by atoms with E-state index in [9.17, 15) is 8.42 Å². The van der Waals surface area contributed by atoms with Crippen molar-refractivity contribution < 1.29 is 8.42 Å². The molecule has 0 atom stereocenters. The number of sulfonamides is 1. The smallest absolute Gasteiger partial charge is 0.263 e. The highest BCUT2D eigenvalue weighted by Gasteiger charge is 2.16. The van der Waals surface area contributed by atoms with Crippen LogP contribution in [0.15, 0.2) is 47.6 Å². The quantitative estimate of drug-likeness (QED) is 0.470. The molecule has 0 aliphatic carbocycles. The third-order valence-electron chi connectivity index (χ3n) is 4.26. The van der Waals surface area contributed by atoms with Gasteiger partial charge in [0.1, 0.15) is 17.0 Å². The minimum Gasteiger partial charge on any atom is -0.340 e. The van der Waals surface area contributed by atoms with Gasteiger partial charge in [-0.15, -0.1) is 21.5 Å². The van der Waals surface area contributed by atoms with E-state index >= 15 is 0 Å². The first-order chi connectivity index (χ1) is 13.8. The highest BCUT2D eigenvalue weighted by Crippen LogP contribution is 2.33. The van der Waals surface area contributed by atoms with Crippen molar-refractivity contribution in [2.45, 2.75) is 18.7 Å². The summed E-state index contributed by atoms with van der Waals surface area (Å²) in [7, 11) is -3.80. The van der Waals surface area contributed by atoms with Gasteiger partial charge in [0.25, 0.3) is 10.0 Å². The van der Waals surface area contributed by atoms with Crippen molar-refractivity contribution >= 4 is 60.5 Å². The molecule has 4 aromatic rings. The fourth-order valence-electron chi connectivity index (χ4n) is 2.70. The van der Waals surface area contributed by atoms with Gasteiger partial charge in [0.2, 0.25) is 0 Å². The minimum absolute atomic E-state index is 0.0864. The van der Waals surface area contributed by atoms with Crippen molar-refractivity contribution in [3.05, 3.63) is 58.3 Å². The Hall–Kier alpha value is -2.82. The zero-order chi connectivity index (χ0) is 20.6. The van der Waals surface area contributed by atoms with E-state index in [1.54, 1.807) is 23.5 Å². The Morgan fingerprint density at radius 2 is 1.76 bits per heavy atom. The van der Waals surface area contributed by atoms with Crippen molar-refractivity contribution in [2.24, 2.45) is 0 Å². The van der Waals surface area contributed by atoms with Crippen molar-refractivity contribution in [3.8, 4) is 0 Å². The van der Waals surface area contributed by atoms with Gasteiger partial charge in [0.05, 0.1) is 10.3 Å². The molecule has 0 spiro atoms. The summed E-state index contributed by atoms with van der Waals surface area (Å²) in [5.74, 6) is 0.769. The van der Waals surface area contributed by atoms with E-state index in [2.05, 4.69) is 30.2 Å². The van der Waals surface area contributed by atoms with Crippen LogP contribution in [-0.2, 0) is 10.0 Å². The summed E-state index contributed by atoms with van der Waals surface area (Å²) in [6, 6.07) is 9.23. The van der Waals surface area contributed by atoms with Crippen LogP contribution in [0.2, 0.25) is 5.15 Å². The van der Waals surface area contributed by atoms with Gasteiger partial charge in [-0.2, -0.15) is 0 Å². The standard InChI is InChI=1S/C18H15ClN6O2S2/c1-10-11(2)28-18-16(10)17(20-9-21-18)22-12-3-5-13(6-4-12)29(26,27)25-15-8-7-14(19)23-24-15/h3-9H,1-2H3,(H,24,25)(H,20,21,22). The van der Waals surface area contributed by atoms with Crippen LogP contribution in [0.25, 0.3) is 10.2 Å². The number of hydrogen-bond acceptors (Lipinski definition) is 8. The molecular weight excluding hydrogens is 432 g/mol. The zero-order valence-corrected chi connectivity index (χ0v) is 17.7. The number of aryl methyl sites for hydroxylation is 2. The van der Waals surface area contributed by atoms with Crippen LogP contribution in [0.5, 0.6) is 0 Å². The Labute approximate surface area is 176 Å². The summed E-state index contributed by atoms with van der Waals surface area (Å²) in [6.07, 6.45) is 1.51. The van der Waals surface area contributed by atoms with Gasteiger partial charge in [-0.25, -0.2) is 18.4 Å². The predicted molar refractivity (Wildman–Crippen MR) is 114 cm³/mol. The van der Waals surface area contributed by atoms with Gasteiger partial charge in [0.15, 0.2) is 11.0 Å². The summed E-state index contributed by atoms with van der Waals surface area (Å²) >= 11 is 7.28. The lowest BCUT2D eigenvalue weighted by Crippen LogP contribution is -2.14. The van der Waals surface area contributed by atoms with Gasteiger partial charge in [0, 0.05) is 10.6 Å². The van der Waals surface area contributed by atoms with Gasteiger partial charge in [-0.1, -0.05) is 11.6 Å². The number of nitrogens with one attached hydrogen (secondary N) is 2. The molecule has 3 aromatic heterocycles. The van der Waals surface area contributed by atoms with E-state index in [-0.39, 0.29) is 15.9 Å². The maximum atomic E-state index is 12.5. The second kappa shape index (κ2) is 7.54. The van der Waals surface area contributed by atoms with E-state index in [0.29, 0.717) is 11.5 Å². The molecule has 0 radical (unpaired) electrons. The third-order valence-corrected chi connectivity index (χ3v) is 6.95. The largest absolute Gasteiger partial charge is 0.340 e. The molecule has 0 aliphatic rings. The lowest BCUT2D eigenvalue weighted by atomic mass is 10.2. The number of nitrogens with zero attached hydrogens (tertiary/aromatic N) is 4. The normalized spacial score (nSPS) is 11.6.